The Bertz CT molecular complexity index is 900. The van der Waals surface area contributed by atoms with E-state index in [1.54, 1.807) is 7.11 Å². The Morgan fingerprint density at radius 3 is 2.53 bits per heavy atom. The summed E-state index contributed by atoms with van der Waals surface area (Å²) in [4.78, 5) is 19.0. The molecule has 0 radical (unpaired) electrons. The van der Waals surface area contributed by atoms with Crippen molar-refractivity contribution in [2.75, 3.05) is 20.2 Å². The molecule has 0 atom stereocenters. The highest BCUT2D eigenvalue weighted by Gasteiger charge is 2.16. The second-order valence-electron chi connectivity index (χ2n) is 6.68. The summed E-state index contributed by atoms with van der Waals surface area (Å²) in [7, 11) is 1.62. The van der Waals surface area contributed by atoms with Crippen LogP contribution in [0.2, 0.25) is 0 Å². The molecule has 0 unspecified atom stereocenters. The largest absolute Gasteiger partial charge is 0.497 e. The van der Waals surface area contributed by atoms with Crippen molar-refractivity contribution in [3.63, 3.8) is 0 Å². The average molecular weight is 431 g/mol. The molecule has 0 aliphatic carbocycles. The zero-order valence-corrected chi connectivity index (χ0v) is 17.8. The number of carbonyl (C=O) groups is 1. The number of aryl methyl sites for hydroxylation is 1. The lowest BCUT2D eigenvalue weighted by Crippen LogP contribution is -2.32. The van der Waals surface area contributed by atoms with Crippen LogP contribution in [-0.4, -0.2) is 41.1 Å². The third-order valence-corrected chi connectivity index (χ3v) is 4.57. The third kappa shape index (κ3) is 6.57. The first-order valence-corrected chi connectivity index (χ1v) is 9.68. The van der Waals surface area contributed by atoms with Gasteiger partial charge in [0.1, 0.15) is 5.75 Å². The van der Waals surface area contributed by atoms with Gasteiger partial charge in [0.15, 0.2) is 0 Å². The van der Waals surface area contributed by atoms with Gasteiger partial charge in [0, 0.05) is 31.5 Å². The fraction of sp³-hybridized carbons (Fsp3) is 0.318. The Hall–Kier alpha value is -2.90. The number of carbonyl (C=O) groups excluding carboxylic acids is 1. The summed E-state index contributed by atoms with van der Waals surface area (Å²) in [6.07, 6.45) is 1.47. The van der Waals surface area contributed by atoms with Gasteiger partial charge in [-0.2, -0.15) is 4.98 Å². The van der Waals surface area contributed by atoms with E-state index in [0.717, 1.165) is 23.3 Å². The zero-order valence-electron chi connectivity index (χ0n) is 17.0. The van der Waals surface area contributed by atoms with Gasteiger partial charge >= 0.3 is 0 Å². The lowest BCUT2D eigenvalue weighted by atomic mass is 10.2. The number of aromatic nitrogens is 2. The summed E-state index contributed by atoms with van der Waals surface area (Å²) in [5.41, 5.74) is 7.56. The van der Waals surface area contributed by atoms with Gasteiger partial charge in [0.25, 0.3) is 0 Å². The van der Waals surface area contributed by atoms with E-state index in [4.69, 9.17) is 15.0 Å². The number of amides is 1. The second kappa shape index (κ2) is 11.9. The van der Waals surface area contributed by atoms with Crippen LogP contribution in [0.25, 0.3) is 11.4 Å². The van der Waals surface area contributed by atoms with E-state index < -0.39 is 0 Å². The highest BCUT2D eigenvalue weighted by molar-refractivity contribution is 5.85. The number of halogens is 1. The van der Waals surface area contributed by atoms with E-state index in [2.05, 4.69) is 10.1 Å². The van der Waals surface area contributed by atoms with E-state index in [1.165, 1.54) is 0 Å². The maximum Gasteiger partial charge on any atom is 0.227 e. The second-order valence-corrected chi connectivity index (χ2v) is 6.68. The Kier molecular flexibility index (Phi) is 9.31. The summed E-state index contributed by atoms with van der Waals surface area (Å²) in [6, 6.07) is 17.4. The van der Waals surface area contributed by atoms with Gasteiger partial charge in [-0.05, 0) is 42.8 Å². The fourth-order valence-corrected chi connectivity index (χ4v) is 2.96. The molecular weight excluding hydrogens is 404 g/mol. The summed E-state index contributed by atoms with van der Waals surface area (Å²) < 4.78 is 10.5. The maximum absolute atomic E-state index is 12.8. The first-order valence-electron chi connectivity index (χ1n) is 9.68. The lowest BCUT2D eigenvalue weighted by Gasteiger charge is -2.22. The zero-order chi connectivity index (χ0) is 20.5. The number of benzene rings is 2. The predicted octanol–water partition coefficient (Wildman–Crippen LogP) is 3.48. The minimum absolute atomic E-state index is 0. The van der Waals surface area contributed by atoms with E-state index in [9.17, 15) is 4.79 Å². The van der Waals surface area contributed by atoms with Crippen molar-refractivity contribution in [1.29, 1.82) is 0 Å². The van der Waals surface area contributed by atoms with E-state index in [0.29, 0.717) is 44.2 Å². The van der Waals surface area contributed by atoms with Gasteiger partial charge in [-0.25, -0.2) is 0 Å². The number of nitrogens with two attached hydrogens (primary N) is 1. The molecule has 3 aromatic rings. The van der Waals surface area contributed by atoms with Crippen LogP contribution in [0.1, 0.15) is 24.3 Å². The van der Waals surface area contributed by atoms with Gasteiger partial charge in [-0.1, -0.05) is 35.5 Å². The number of nitrogens with zero attached hydrogens (tertiary/aromatic N) is 3. The van der Waals surface area contributed by atoms with Crippen LogP contribution < -0.4 is 10.5 Å². The molecule has 1 aromatic heterocycles. The number of rotatable bonds is 10. The monoisotopic (exact) mass is 430 g/mol. The molecule has 0 aliphatic heterocycles. The Balaban J connectivity index is 0.00000320. The van der Waals surface area contributed by atoms with Crippen molar-refractivity contribution in [3.8, 4) is 17.1 Å². The van der Waals surface area contributed by atoms with Crippen LogP contribution in [0.5, 0.6) is 5.75 Å². The van der Waals surface area contributed by atoms with Crippen LogP contribution in [0.3, 0.4) is 0 Å². The van der Waals surface area contributed by atoms with Crippen molar-refractivity contribution >= 4 is 18.3 Å². The van der Waals surface area contributed by atoms with Crippen molar-refractivity contribution in [1.82, 2.24) is 15.0 Å². The first-order chi connectivity index (χ1) is 14.2. The topological polar surface area (TPSA) is 94.5 Å². The molecule has 0 saturated heterocycles. The molecule has 0 saturated carbocycles. The molecule has 2 aromatic carbocycles. The highest BCUT2D eigenvalue weighted by Crippen LogP contribution is 2.20. The van der Waals surface area contributed by atoms with Crippen LogP contribution in [-0.2, 0) is 17.8 Å². The molecule has 8 heteroatoms. The number of methoxy groups -OCH3 is 1. The quantitative estimate of drug-likeness (QED) is 0.529. The van der Waals surface area contributed by atoms with Crippen molar-refractivity contribution < 1.29 is 14.1 Å². The van der Waals surface area contributed by atoms with Crippen molar-refractivity contribution in [3.05, 3.63) is 66.1 Å². The molecule has 160 valence electrons. The summed E-state index contributed by atoms with van der Waals surface area (Å²) >= 11 is 0. The molecule has 30 heavy (non-hydrogen) atoms. The van der Waals surface area contributed by atoms with E-state index in [1.807, 2.05) is 59.5 Å². The van der Waals surface area contributed by atoms with Crippen LogP contribution in [0.15, 0.2) is 59.1 Å². The molecule has 0 aliphatic rings. The standard InChI is InChI=1S/C22H26N4O3.ClH/c1-28-19-10-8-18(9-11-19)22-24-20(29-25-22)12-13-21(27)26(15-5-14-23)16-17-6-3-2-4-7-17;/h2-4,6-11H,5,12-16,23H2,1H3;1H. The van der Waals surface area contributed by atoms with E-state index in [-0.39, 0.29) is 18.3 Å². The van der Waals surface area contributed by atoms with Gasteiger partial charge < -0.3 is 19.9 Å². The summed E-state index contributed by atoms with van der Waals surface area (Å²) in [5, 5.41) is 4.01. The van der Waals surface area contributed by atoms with Gasteiger partial charge in [-0.15, -0.1) is 12.4 Å². The Morgan fingerprint density at radius 2 is 1.87 bits per heavy atom. The van der Waals surface area contributed by atoms with Crippen LogP contribution in [0, 0.1) is 0 Å². The smallest absolute Gasteiger partial charge is 0.227 e. The molecule has 2 N–H and O–H groups in total. The summed E-state index contributed by atoms with van der Waals surface area (Å²) in [6.45, 7) is 1.75. The third-order valence-electron chi connectivity index (χ3n) is 4.57. The molecule has 0 spiro atoms. The predicted molar refractivity (Wildman–Crippen MR) is 117 cm³/mol. The fourth-order valence-electron chi connectivity index (χ4n) is 2.96. The van der Waals surface area contributed by atoms with Crippen molar-refractivity contribution in [2.45, 2.75) is 25.8 Å². The van der Waals surface area contributed by atoms with Crippen LogP contribution >= 0.6 is 12.4 Å². The maximum atomic E-state index is 12.8. The van der Waals surface area contributed by atoms with Gasteiger partial charge in [0.2, 0.25) is 17.6 Å². The Labute approximate surface area is 182 Å². The molecule has 0 bridgehead atoms. The normalized spacial score (nSPS) is 10.3. The van der Waals surface area contributed by atoms with Crippen LogP contribution in [0.4, 0.5) is 0 Å². The van der Waals surface area contributed by atoms with Gasteiger partial charge in [0.05, 0.1) is 7.11 Å². The minimum atomic E-state index is 0. The Morgan fingerprint density at radius 1 is 1.13 bits per heavy atom. The average Bonchev–Trinajstić information content (AvgIpc) is 3.25. The summed E-state index contributed by atoms with van der Waals surface area (Å²) in [5.74, 6) is 1.76. The number of ether oxygens (including phenoxy) is 1. The van der Waals surface area contributed by atoms with E-state index >= 15 is 0 Å². The molecule has 0 fully saturated rings. The minimum Gasteiger partial charge on any atom is -0.497 e. The van der Waals surface area contributed by atoms with Crippen molar-refractivity contribution in [2.24, 2.45) is 5.73 Å². The lowest BCUT2D eigenvalue weighted by molar-refractivity contribution is -0.131. The molecule has 1 amide bonds. The number of hydrogen-bond donors (Lipinski definition) is 1. The molecule has 3 rings (SSSR count). The number of hydrogen-bond acceptors (Lipinski definition) is 6. The molecule has 7 nitrogen and oxygen atoms in total. The SMILES string of the molecule is COc1ccc(-c2noc(CCC(=O)N(CCCN)Cc3ccccc3)n2)cc1.Cl. The molecular formula is C22H27ClN4O3. The first kappa shape index (κ1) is 23.4. The highest BCUT2D eigenvalue weighted by atomic mass is 35.5. The molecule has 1 heterocycles. The van der Waals surface area contributed by atoms with Gasteiger partial charge in [-0.3, -0.25) is 4.79 Å².